The van der Waals surface area contributed by atoms with E-state index in [-0.39, 0.29) is 62.9 Å². The standard InChI is InChI=1S/C32H28Cl2F2N2O8/c33-22-12-37(42)13-23(34)21(22)11-26(19-8-9-24(46-32(35)36)27(10-19)44-16-18-6-7-18)45-28(39)14-38-30(40)20-2-1-3-25(29(20)31(38)41)43-15-17-4-5-17/h1-3,8-10,12-13,17-18,26,32H,4-7,11,14-16H2. The summed E-state index contributed by atoms with van der Waals surface area (Å²) >= 11 is 12.6. The molecule has 0 bridgehead atoms. The fourth-order valence-corrected chi connectivity index (χ4v) is 5.64. The largest absolute Gasteiger partial charge is 0.619 e. The van der Waals surface area contributed by atoms with Crippen LogP contribution in [0.3, 0.4) is 0 Å². The molecular formula is C32H28Cl2F2N2O8. The van der Waals surface area contributed by atoms with Gasteiger partial charge in [0, 0.05) is 12.0 Å². The van der Waals surface area contributed by atoms with Crippen molar-refractivity contribution in [3.63, 3.8) is 0 Å². The topological polar surface area (TPSA) is 118 Å². The Morgan fingerprint density at radius 3 is 2.22 bits per heavy atom. The summed E-state index contributed by atoms with van der Waals surface area (Å²) in [6.45, 7) is -3.13. The summed E-state index contributed by atoms with van der Waals surface area (Å²) in [4.78, 5) is 40.7. The first-order valence-corrected chi connectivity index (χ1v) is 15.4. The molecule has 2 aromatic carbocycles. The van der Waals surface area contributed by atoms with Crippen molar-refractivity contribution in [2.24, 2.45) is 11.8 Å². The Labute approximate surface area is 272 Å². The highest BCUT2D eigenvalue weighted by Gasteiger charge is 2.40. The number of rotatable bonds is 14. The van der Waals surface area contributed by atoms with Gasteiger partial charge >= 0.3 is 12.6 Å². The summed E-state index contributed by atoms with van der Waals surface area (Å²) in [7, 11) is 0. The Hall–Kier alpha value is -4.16. The predicted molar refractivity (Wildman–Crippen MR) is 159 cm³/mol. The molecule has 2 aliphatic carbocycles. The molecule has 0 radical (unpaired) electrons. The number of fused-ring (bicyclic) bond motifs is 1. The molecule has 46 heavy (non-hydrogen) atoms. The van der Waals surface area contributed by atoms with Gasteiger partial charge in [-0.05, 0) is 67.3 Å². The van der Waals surface area contributed by atoms with Gasteiger partial charge in [0.2, 0.25) is 0 Å². The van der Waals surface area contributed by atoms with Crippen molar-refractivity contribution in [3.05, 3.63) is 86.3 Å². The van der Waals surface area contributed by atoms with Gasteiger partial charge in [-0.1, -0.05) is 35.3 Å². The van der Waals surface area contributed by atoms with E-state index < -0.39 is 37.0 Å². The van der Waals surface area contributed by atoms with Crippen molar-refractivity contribution >= 4 is 41.0 Å². The van der Waals surface area contributed by atoms with Gasteiger partial charge in [0.25, 0.3) is 11.8 Å². The van der Waals surface area contributed by atoms with Crippen molar-refractivity contribution in [2.45, 2.75) is 44.8 Å². The second-order valence-electron chi connectivity index (χ2n) is 11.4. The van der Waals surface area contributed by atoms with Crippen LogP contribution in [0.15, 0.2) is 48.8 Å². The Bertz CT molecular complexity index is 1660. The number of halogens is 4. The van der Waals surface area contributed by atoms with Crippen molar-refractivity contribution in [1.82, 2.24) is 4.90 Å². The summed E-state index contributed by atoms with van der Waals surface area (Å²) < 4.78 is 48.7. The average molecular weight is 677 g/mol. The lowest BCUT2D eigenvalue weighted by Crippen LogP contribution is -2.36. The lowest BCUT2D eigenvalue weighted by molar-refractivity contribution is -0.605. The maximum atomic E-state index is 13.4. The van der Waals surface area contributed by atoms with Gasteiger partial charge in [-0.2, -0.15) is 13.5 Å². The molecule has 2 saturated carbocycles. The van der Waals surface area contributed by atoms with E-state index in [2.05, 4.69) is 4.74 Å². The minimum atomic E-state index is -3.11. The minimum absolute atomic E-state index is 0.00693. The number of carbonyl (C=O) groups excluding carboxylic acids is 3. The van der Waals surface area contributed by atoms with E-state index >= 15 is 0 Å². The van der Waals surface area contributed by atoms with Crippen molar-refractivity contribution in [2.75, 3.05) is 19.8 Å². The summed E-state index contributed by atoms with van der Waals surface area (Å²) in [6, 6.07) is 8.77. The number of amides is 2. The van der Waals surface area contributed by atoms with Gasteiger partial charge in [-0.25, -0.2) is 0 Å². The van der Waals surface area contributed by atoms with Crippen LogP contribution in [0.1, 0.15) is 63.6 Å². The molecule has 1 aliphatic heterocycles. The molecule has 3 aliphatic rings. The predicted octanol–water partition coefficient (Wildman–Crippen LogP) is 5.93. The number of aromatic nitrogens is 1. The van der Waals surface area contributed by atoms with Crippen LogP contribution < -0.4 is 18.9 Å². The molecule has 1 atom stereocenters. The first-order chi connectivity index (χ1) is 22.1. The SMILES string of the molecule is O=C(CN1C(=O)c2cccc(OCC3CC3)c2C1=O)OC(Cc1c(Cl)c[n+]([O-])cc1Cl)c1ccc(OC(F)F)c(OCC2CC2)c1. The Morgan fingerprint density at radius 2 is 1.59 bits per heavy atom. The highest BCUT2D eigenvalue weighted by atomic mass is 35.5. The van der Waals surface area contributed by atoms with Crippen LogP contribution in [-0.4, -0.2) is 49.1 Å². The Kier molecular flexibility index (Phi) is 9.19. The van der Waals surface area contributed by atoms with E-state index in [9.17, 15) is 28.4 Å². The molecule has 14 heteroatoms. The molecule has 6 rings (SSSR count). The maximum absolute atomic E-state index is 13.4. The van der Waals surface area contributed by atoms with E-state index in [1.54, 1.807) is 12.1 Å². The monoisotopic (exact) mass is 676 g/mol. The summed E-state index contributed by atoms with van der Waals surface area (Å²) in [5, 5.41) is 11.8. The second-order valence-corrected chi connectivity index (χ2v) is 12.3. The molecular weight excluding hydrogens is 649 g/mol. The first-order valence-electron chi connectivity index (χ1n) is 14.7. The lowest BCUT2D eigenvalue weighted by atomic mass is 10.0. The molecule has 242 valence electrons. The van der Waals surface area contributed by atoms with Gasteiger partial charge in [0.05, 0.1) is 24.3 Å². The third-order valence-corrected chi connectivity index (χ3v) is 8.52. The summed E-state index contributed by atoms with van der Waals surface area (Å²) in [6.07, 6.45) is 4.80. The highest BCUT2D eigenvalue weighted by Crippen LogP contribution is 2.38. The van der Waals surface area contributed by atoms with Crippen LogP contribution in [0, 0.1) is 17.0 Å². The molecule has 0 spiro atoms. The zero-order valence-electron chi connectivity index (χ0n) is 24.3. The third-order valence-electron chi connectivity index (χ3n) is 7.87. The summed E-state index contributed by atoms with van der Waals surface area (Å²) in [5.74, 6) is -1.56. The van der Waals surface area contributed by atoms with Gasteiger partial charge < -0.3 is 24.2 Å². The van der Waals surface area contributed by atoms with Crippen LogP contribution in [0.5, 0.6) is 17.2 Å². The fourth-order valence-electron chi connectivity index (χ4n) is 5.05. The third kappa shape index (κ3) is 7.28. The van der Waals surface area contributed by atoms with E-state index in [0.29, 0.717) is 22.8 Å². The van der Waals surface area contributed by atoms with Crippen molar-refractivity contribution < 1.29 is 46.8 Å². The number of esters is 1. The molecule has 10 nitrogen and oxygen atoms in total. The van der Waals surface area contributed by atoms with Gasteiger partial charge in [0.15, 0.2) is 23.9 Å². The van der Waals surface area contributed by atoms with Gasteiger partial charge in [-0.15, -0.1) is 0 Å². The maximum Gasteiger partial charge on any atom is 0.387 e. The van der Waals surface area contributed by atoms with Crippen LogP contribution in [0.4, 0.5) is 8.78 Å². The normalized spacial score (nSPS) is 16.4. The van der Waals surface area contributed by atoms with Crippen LogP contribution in [0.25, 0.3) is 0 Å². The van der Waals surface area contributed by atoms with Gasteiger partial charge in [0.1, 0.15) is 28.4 Å². The van der Waals surface area contributed by atoms with E-state index in [1.165, 1.54) is 24.3 Å². The van der Waals surface area contributed by atoms with Gasteiger partial charge in [-0.3, -0.25) is 19.3 Å². The molecule has 1 aromatic heterocycles. The van der Waals surface area contributed by atoms with Crippen LogP contribution >= 0.6 is 23.2 Å². The number of alkyl halides is 2. The first kappa shape index (κ1) is 31.8. The van der Waals surface area contributed by atoms with E-state index in [0.717, 1.165) is 43.0 Å². The molecule has 0 N–H and O–H groups in total. The molecule has 3 aromatic rings. The number of nitrogens with zero attached hydrogens (tertiary/aromatic N) is 2. The van der Waals surface area contributed by atoms with E-state index in [1.807, 2.05) is 0 Å². The number of imide groups is 1. The molecule has 2 amide bonds. The van der Waals surface area contributed by atoms with Crippen LogP contribution in [-0.2, 0) is 16.0 Å². The van der Waals surface area contributed by atoms with Crippen LogP contribution in [0.2, 0.25) is 10.0 Å². The quantitative estimate of drug-likeness (QED) is 0.0893. The number of carbonyl (C=O) groups is 3. The number of benzene rings is 2. The minimum Gasteiger partial charge on any atom is -0.619 e. The molecule has 1 unspecified atom stereocenters. The highest BCUT2D eigenvalue weighted by molar-refractivity contribution is 6.35. The van der Waals surface area contributed by atoms with E-state index in [4.69, 9.17) is 37.4 Å². The molecule has 2 heterocycles. The number of hydrogen-bond donors (Lipinski definition) is 0. The Balaban J connectivity index is 1.25. The van der Waals surface area contributed by atoms with Crippen molar-refractivity contribution in [1.29, 1.82) is 0 Å². The lowest BCUT2D eigenvalue weighted by Gasteiger charge is -2.22. The zero-order valence-corrected chi connectivity index (χ0v) is 25.8. The molecule has 0 saturated heterocycles. The molecule has 2 fully saturated rings. The second kappa shape index (κ2) is 13.3. The summed E-state index contributed by atoms with van der Waals surface area (Å²) in [5.41, 5.74) is 0.756. The van der Waals surface area contributed by atoms with Crippen molar-refractivity contribution in [3.8, 4) is 17.2 Å². The number of pyridine rings is 1. The zero-order chi connectivity index (χ0) is 32.5. The Morgan fingerprint density at radius 1 is 0.935 bits per heavy atom. The fraction of sp³-hybridized carbons (Fsp3) is 0.375. The number of ether oxygens (including phenoxy) is 4. The smallest absolute Gasteiger partial charge is 0.387 e. The average Bonchev–Trinajstić information content (AvgIpc) is 3.94. The number of hydrogen-bond acceptors (Lipinski definition) is 8.